The molecule has 0 saturated heterocycles. The van der Waals surface area contributed by atoms with Crippen LogP contribution in [0, 0.1) is 0 Å². The van der Waals surface area contributed by atoms with E-state index < -0.39 is 12.2 Å². The summed E-state index contributed by atoms with van der Waals surface area (Å²) < 4.78 is 6.39. The van der Waals surface area contributed by atoms with Crippen LogP contribution in [0.25, 0.3) is 0 Å². The van der Waals surface area contributed by atoms with E-state index in [0.29, 0.717) is 28.0 Å². The Bertz CT molecular complexity index is 1040. The summed E-state index contributed by atoms with van der Waals surface area (Å²) >= 11 is 3.28. The number of unbranched alkanes of at least 4 members (excludes halogenated alkanes) is 4. The molecule has 0 aromatic heterocycles. The van der Waals surface area contributed by atoms with Gasteiger partial charge in [0.2, 0.25) is 0 Å². The van der Waals surface area contributed by atoms with Crippen molar-refractivity contribution in [2.45, 2.75) is 94.3 Å². The quantitative estimate of drug-likeness (QED) is 0.129. The number of phenols is 4. The number of phenolic OH excluding ortho intramolecular Hbond substituents is 4. The third-order valence-electron chi connectivity index (χ3n) is 7.26. The molecule has 5 N–H and O–H groups in total. The van der Waals surface area contributed by atoms with E-state index in [4.69, 9.17) is 4.74 Å². The van der Waals surface area contributed by atoms with Gasteiger partial charge >= 0.3 is 0 Å². The van der Waals surface area contributed by atoms with Gasteiger partial charge in [0.1, 0.15) is 23.4 Å². The molecule has 2 aromatic rings. The number of hydrogen-bond donors (Lipinski definition) is 5. The van der Waals surface area contributed by atoms with Gasteiger partial charge in [-0.25, -0.2) is 0 Å². The predicted molar refractivity (Wildman–Crippen MR) is 153 cm³/mol. The largest absolute Gasteiger partial charge is 0.507 e. The zero-order valence-electron chi connectivity index (χ0n) is 22.4. The highest BCUT2D eigenvalue weighted by Crippen LogP contribution is 2.56. The normalized spacial score (nSPS) is 18.7. The summed E-state index contributed by atoms with van der Waals surface area (Å²) in [6.45, 7) is 4.32. The van der Waals surface area contributed by atoms with E-state index in [0.717, 1.165) is 51.4 Å². The molecule has 2 unspecified atom stereocenters. The van der Waals surface area contributed by atoms with Crippen molar-refractivity contribution >= 4 is 23.5 Å². The van der Waals surface area contributed by atoms with Crippen molar-refractivity contribution in [1.82, 2.24) is 0 Å². The smallest absolute Gasteiger partial charge is 0.157 e. The maximum absolute atomic E-state index is 11.7. The molecule has 0 bridgehead atoms. The molecule has 0 spiro atoms. The summed E-state index contributed by atoms with van der Waals surface area (Å²) in [6.07, 6.45) is 10.4. The molecule has 0 radical (unpaired) electrons. The SMILES string of the molecule is CCCCCC(SC)c1c(O)c2c(c(C(CCCCC)SC)c1O)O[C@H](c1ccc(O)c(O)c1)[C@@H](O)C2. The van der Waals surface area contributed by atoms with Gasteiger partial charge in [-0.3, -0.25) is 0 Å². The molecule has 0 amide bonds. The summed E-state index contributed by atoms with van der Waals surface area (Å²) in [5.74, 6) is -0.0273. The average Bonchev–Trinajstić information content (AvgIpc) is 2.88. The highest BCUT2D eigenvalue weighted by Gasteiger charge is 2.39. The van der Waals surface area contributed by atoms with Gasteiger partial charge in [0.05, 0.1) is 6.10 Å². The van der Waals surface area contributed by atoms with Gasteiger partial charge in [0.15, 0.2) is 11.5 Å². The van der Waals surface area contributed by atoms with E-state index in [1.165, 1.54) is 12.1 Å². The molecule has 37 heavy (non-hydrogen) atoms. The topological polar surface area (TPSA) is 110 Å². The summed E-state index contributed by atoms with van der Waals surface area (Å²) in [6, 6.07) is 4.35. The van der Waals surface area contributed by atoms with Gasteiger partial charge in [0.25, 0.3) is 0 Å². The number of aromatic hydroxyl groups is 4. The van der Waals surface area contributed by atoms with Crippen LogP contribution in [0.1, 0.15) is 104 Å². The minimum atomic E-state index is -0.978. The maximum Gasteiger partial charge on any atom is 0.157 e. The first-order valence-corrected chi connectivity index (χ1v) is 15.9. The van der Waals surface area contributed by atoms with Crippen LogP contribution in [-0.4, -0.2) is 44.1 Å². The minimum Gasteiger partial charge on any atom is -0.507 e. The number of aliphatic hydroxyl groups excluding tert-OH is 1. The number of rotatable bonds is 13. The first-order chi connectivity index (χ1) is 17.8. The third-order valence-corrected chi connectivity index (χ3v) is 9.34. The molecule has 1 heterocycles. The zero-order chi connectivity index (χ0) is 27.1. The number of fused-ring (bicyclic) bond motifs is 1. The standard InChI is InChI=1S/C29H42O6S2/c1-5-7-9-11-22(36-3)24-26(33)18-16-21(32)28(17-13-14-19(30)20(31)15-17)35-29(18)25(27(24)34)23(37-4)12-10-8-6-2/h13-15,21-23,28,30-34H,5-12,16H2,1-4H3/t21-,22?,23?,28+/m0/s1. The van der Waals surface area contributed by atoms with Gasteiger partial charge in [0, 0.05) is 33.6 Å². The van der Waals surface area contributed by atoms with Crippen LogP contribution in [0.3, 0.4) is 0 Å². The lowest BCUT2D eigenvalue weighted by atomic mass is 9.87. The molecule has 0 saturated carbocycles. The van der Waals surface area contributed by atoms with Crippen molar-refractivity contribution in [3.63, 3.8) is 0 Å². The summed E-state index contributed by atoms with van der Waals surface area (Å²) in [4.78, 5) is 0. The Morgan fingerprint density at radius 1 is 0.838 bits per heavy atom. The van der Waals surface area contributed by atoms with Crippen LogP contribution in [0.15, 0.2) is 18.2 Å². The summed E-state index contributed by atoms with van der Waals surface area (Å²) in [5.41, 5.74) is 2.26. The number of hydrogen-bond acceptors (Lipinski definition) is 8. The molecule has 2 aromatic carbocycles. The lowest BCUT2D eigenvalue weighted by Crippen LogP contribution is -2.31. The fourth-order valence-corrected chi connectivity index (χ4v) is 6.89. The van der Waals surface area contributed by atoms with E-state index in [2.05, 4.69) is 13.8 Å². The lowest BCUT2D eigenvalue weighted by Gasteiger charge is -2.36. The Morgan fingerprint density at radius 2 is 1.43 bits per heavy atom. The molecule has 1 aliphatic rings. The first kappa shape index (κ1) is 29.7. The van der Waals surface area contributed by atoms with Crippen molar-refractivity contribution in [1.29, 1.82) is 0 Å². The minimum absolute atomic E-state index is 0.00608. The molecular formula is C29H42O6S2. The van der Waals surface area contributed by atoms with E-state index in [-0.39, 0.29) is 39.9 Å². The highest BCUT2D eigenvalue weighted by molar-refractivity contribution is 7.99. The van der Waals surface area contributed by atoms with Crippen LogP contribution >= 0.6 is 23.5 Å². The van der Waals surface area contributed by atoms with Crippen molar-refractivity contribution in [3.05, 3.63) is 40.5 Å². The monoisotopic (exact) mass is 550 g/mol. The van der Waals surface area contributed by atoms with E-state index >= 15 is 0 Å². The molecule has 206 valence electrons. The van der Waals surface area contributed by atoms with E-state index in [1.807, 2.05) is 12.5 Å². The lowest BCUT2D eigenvalue weighted by molar-refractivity contribution is 0.0188. The molecule has 1 aliphatic heterocycles. The van der Waals surface area contributed by atoms with Crippen LogP contribution in [0.4, 0.5) is 0 Å². The molecule has 0 fully saturated rings. The molecule has 3 rings (SSSR count). The number of aliphatic hydroxyl groups is 1. The molecule has 0 aliphatic carbocycles. The second kappa shape index (κ2) is 13.8. The second-order valence-corrected chi connectivity index (χ2v) is 11.9. The van der Waals surface area contributed by atoms with Crippen molar-refractivity contribution in [2.24, 2.45) is 0 Å². The molecular weight excluding hydrogens is 508 g/mol. The average molecular weight is 551 g/mol. The number of thioether (sulfide) groups is 2. The van der Waals surface area contributed by atoms with Gasteiger partial charge in [-0.15, -0.1) is 0 Å². The zero-order valence-corrected chi connectivity index (χ0v) is 24.0. The Labute approximate surface area is 229 Å². The van der Waals surface area contributed by atoms with Crippen LogP contribution < -0.4 is 4.74 Å². The van der Waals surface area contributed by atoms with Crippen LogP contribution in [-0.2, 0) is 6.42 Å². The summed E-state index contributed by atoms with van der Waals surface area (Å²) in [7, 11) is 0. The fraction of sp³-hybridized carbons (Fsp3) is 0.586. The van der Waals surface area contributed by atoms with E-state index in [9.17, 15) is 25.5 Å². The molecule has 4 atom stereocenters. The van der Waals surface area contributed by atoms with E-state index in [1.54, 1.807) is 29.6 Å². The molecule has 6 nitrogen and oxygen atoms in total. The van der Waals surface area contributed by atoms with Crippen LogP contribution in [0.2, 0.25) is 0 Å². The van der Waals surface area contributed by atoms with Gasteiger partial charge in [-0.1, -0.05) is 58.4 Å². The van der Waals surface area contributed by atoms with Gasteiger partial charge in [-0.2, -0.15) is 23.5 Å². The van der Waals surface area contributed by atoms with Crippen molar-refractivity contribution < 1.29 is 30.3 Å². The third kappa shape index (κ3) is 6.58. The predicted octanol–water partition coefficient (Wildman–Crippen LogP) is 7.51. The van der Waals surface area contributed by atoms with Crippen molar-refractivity contribution in [2.75, 3.05) is 12.5 Å². The van der Waals surface area contributed by atoms with Crippen LogP contribution in [0.5, 0.6) is 28.7 Å². The van der Waals surface area contributed by atoms with Crippen molar-refractivity contribution in [3.8, 4) is 28.7 Å². The van der Waals surface area contributed by atoms with Gasteiger partial charge in [-0.05, 0) is 43.0 Å². The van der Waals surface area contributed by atoms with Gasteiger partial charge < -0.3 is 30.3 Å². The Kier molecular flexibility index (Phi) is 11.0. The number of ether oxygens (including phenoxy) is 1. The maximum atomic E-state index is 11.7. The highest BCUT2D eigenvalue weighted by atomic mass is 32.2. The first-order valence-electron chi connectivity index (χ1n) is 13.3. The fourth-order valence-electron chi connectivity index (χ4n) is 5.17. The Hall–Kier alpha value is -1.90. The Balaban J connectivity index is 2.15. The summed E-state index contributed by atoms with van der Waals surface area (Å²) in [5, 5.41) is 54.0. The Morgan fingerprint density at radius 3 is 1.97 bits per heavy atom. The second-order valence-electron chi connectivity index (χ2n) is 9.83. The number of benzene rings is 2. The molecule has 8 heteroatoms.